The fourth-order valence-corrected chi connectivity index (χ4v) is 9.66. The zero-order valence-electron chi connectivity index (χ0n) is 34.3. The summed E-state index contributed by atoms with van der Waals surface area (Å²) in [6.07, 6.45) is 0. The molecule has 0 radical (unpaired) electrons. The smallest absolute Gasteiger partial charge is 0.0714 e. The molecule has 1 heteroatoms. The van der Waals surface area contributed by atoms with Crippen molar-refractivity contribution in [1.29, 1.82) is 0 Å². The summed E-state index contributed by atoms with van der Waals surface area (Å²) >= 11 is 0. The summed E-state index contributed by atoms with van der Waals surface area (Å²) in [7, 11) is 0. The molecule has 0 heterocycles. The topological polar surface area (TPSA) is 3.24 Å². The van der Waals surface area contributed by atoms with Gasteiger partial charge in [-0.25, -0.2) is 0 Å². The number of anilines is 3. The second kappa shape index (κ2) is 15.9. The average molecular weight is 790 g/mol. The molecule has 10 aromatic carbocycles. The highest BCUT2D eigenvalue weighted by Crippen LogP contribution is 2.59. The van der Waals surface area contributed by atoms with Gasteiger partial charge in [0, 0.05) is 16.9 Å². The van der Waals surface area contributed by atoms with Crippen molar-refractivity contribution >= 4 is 17.1 Å². The molecule has 292 valence electrons. The van der Waals surface area contributed by atoms with E-state index < -0.39 is 5.41 Å². The van der Waals surface area contributed by atoms with E-state index in [1.165, 1.54) is 66.8 Å². The average Bonchev–Trinajstić information content (AvgIpc) is 3.65. The van der Waals surface area contributed by atoms with Gasteiger partial charge in [-0.15, -0.1) is 0 Å². The fourth-order valence-electron chi connectivity index (χ4n) is 9.66. The number of nitrogens with zero attached hydrogens (tertiary/aromatic N) is 1. The fraction of sp³-hybridized carbons (Fsp3) is 0.0164. The molecular weight excluding hydrogens is 747 g/mol. The molecule has 11 rings (SSSR count). The van der Waals surface area contributed by atoms with Gasteiger partial charge in [-0.3, -0.25) is 0 Å². The Kier molecular flexibility index (Phi) is 9.48. The van der Waals surface area contributed by atoms with Crippen molar-refractivity contribution in [3.8, 4) is 55.6 Å². The molecule has 0 unspecified atom stereocenters. The molecule has 0 spiro atoms. The molecule has 0 aromatic heterocycles. The Hall–Kier alpha value is -8.00. The summed E-state index contributed by atoms with van der Waals surface area (Å²) in [5, 5.41) is 0. The van der Waals surface area contributed by atoms with Gasteiger partial charge < -0.3 is 4.90 Å². The summed E-state index contributed by atoms with van der Waals surface area (Å²) in [4.78, 5) is 2.47. The Balaban J connectivity index is 1.20. The van der Waals surface area contributed by atoms with Crippen molar-refractivity contribution in [2.24, 2.45) is 0 Å². The summed E-state index contributed by atoms with van der Waals surface area (Å²) in [6, 6.07) is 95.4. The number of hydrogen-bond donors (Lipinski definition) is 0. The van der Waals surface area contributed by atoms with Gasteiger partial charge in [0.15, 0.2) is 0 Å². The molecule has 0 saturated heterocycles. The number of fused-ring (bicyclic) bond motifs is 3. The highest BCUT2D eigenvalue weighted by molar-refractivity contribution is 5.97. The third-order valence-corrected chi connectivity index (χ3v) is 12.6. The van der Waals surface area contributed by atoms with E-state index in [1.807, 2.05) is 0 Å². The molecule has 10 aromatic rings. The van der Waals surface area contributed by atoms with Crippen molar-refractivity contribution in [3.05, 3.63) is 283 Å². The molecule has 0 fully saturated rings. The number of rotatable bonds is 9. The molecule has 0 saturated carbocycles. The van der Waals surface area contributed by atoms with Crippen LogP contribution in [-0.2, 0) is 5.41 Å². The van der Waals surface area contributed by atoms with Crippen LogP contribution in [0.3, 0.4) is 0 Å². The summed E-state index contributed by atoms with van der Waals surface area (Å²) in [6.45, 7) is 0. The van der Waals surface area contributed by atoms with Gasteiger partial charge in [-0.2, -0.15) is 0 Å². The van der Waals surface area contributed by atoms with E-state index in [0.29, 0.717) is 0 Å². The maximum Gasteiger partial charge on any atom is 0.0714 e. The second-order valence-electron chi connectivity index (χ2n) is 16.0. The Bertz CT molecular complexity index is 2980. The monoisotopic (exact) mass is 789 g/mol. The summed E-state index contributed by atoms with van der Waals surface area (Å²) in [5.74, 6) is 0. The highest BCUT2D eigenvalue weighted by atomic mass is 15.1. The zero-order valence-corrected chi connectivity index (χ0v) is 34.3. The van der Waals surface area contributed by atoms with Crippen molar-refractivity contribution < 1.29 is 0 Å². The van der Waals surface area contributed by atoms with E-state index >= 15 is 0 Å². The minimum atomic E-state index is -0.557. The second-order valence-corrected chi connectivity index (χ2v) is 16.0. The lowest BCUT2D eigenvalue weighted by Gasteiger charge is -2.35. The molecule has 1 aliphatic rings. The van der Waals surface area contributed by atoms with Crippen LogP contribution in [0.25, 0.3) is 55.6 Å². The molecule has 1 nitrogen and oxygen atoms in total. The molecule has 62 heavy (non-hydrogen) atoms. The third-order valence-electron chi connectivity index (χ3n) is 12.6. The van der Waals surface area contributed by atoms with Gasteiger partial charge in [0.2, 0.25) is 0 Å². The van der Waals surface area contributed by atoms with Gasteiger partial charge >= 0.3 is 0 Å². The van der Waals surface area contributed by atoms with E-state index in [1.54, 1.807) is 0 Å². The van der Waals surface area contributed by atoms with Gasteiger partial charge in [-0.05, 0) is 109 Å². The molecular formula is C61H43N. The Morgan fingerprint density at radius 2 is 0.597 bits per heavy atom. The first-order valence-electron chi connectivity index (χ1n) is 21.4. The quantitative estimate of drug-likeness (QED) is 0.141. The lowest BCUT2D eigenvalue weighted by atomic mass is 9.67. The SMILES string of the molecule is c1ccc(-c2ccc(-c3cc4c(cc3N(c3ccc(-c5ccccc5)cc3)c3ccc(-c5ccccc5)cc3)C(c3ccccc3)(c3ccccc3)c3ccccc3-4)cc2)cc1. The van der Waals surface area contributed by atoms with Crippen molar-refractivity contribution in [3.63, 3.8) is 0 Å². The van der Waals surface area contributed by atoms with Crippen molar-refractivity contribution in [1.82, 2.24) is 0 Å². The molecule has 0 N–H and O–H groups in total. The first-order valence-corrected chi connectivity index (χ1v) is 21.4. The van der Waals surface area contributed by atoms with Gasteiger partial charge in [0.1, 0.15) is 0 Å². The van der Waals surface area contributed by atoms with Crippen LogP contribution in [0.1, 0.15) is 22.3 Å². The van der Waals surface area contributed by atoms with Crippen LogP contribution in [0.4, 0.5) is 17.1 Å². The number of hydrogen-bond acceptors (Lipinski definition) is 1. The van der Waals surface area contributed by atoms with E-state index in [2.05, 4.69) is 266 Å². The summed E-state index contributed by atoms with van der Waals surface area (Å²) < 4.78 is 0. The normalized spacial score (nSPS) is 12.3. The standard InChI is InChI=1S/C61H43N/c1-6-18-44(19-7-1)47-30-32-50(33-31-47)56-42-57-55-28-16-17-29-58(55)61(51-24-12-4-13-25-51,52-26-14-5-15-27-52)59(57)43-60(56)62(53-38-34-48(35-39-53)45-20-8-2-9-21-45)54-40-36-49(37-41-54)46-22-10-3-11-23-46/h1-43H. The lowest BCUT2D eigenvalue weighted by molar-refractivity contribution is 0.768. The van der Waals surface area contributed by atoms with Crippen LogP contribution < -0.4 is 4.90 Å². The predicted octanol–water partition coefficient (Wildman–Crippen LogP) is 16.2. The minimum absolute atomic E-state index is 0.557. The Labute approximate surface area is 364 Å². The van der Waals surface area contributed by atoms with Gasteiger partial charge in [0.05, 0.1) is 11.1 Å². The molecule has 0 atom stereocenters. The predicted molar refractivity (Wildman–Crippen MR) is 260 cm³/mol. The van der Waals surface area contributed by atoms with Crippen LogP contribution >= 0.6 is 0 Å². The van der Waals surface area contributed by atoms with Crippen LogP contribution in [0, 0.1) is 0 Å². The van der Waals surface area contributed by atoms with Crippen LogP contribution in [0.15, 0.2) is 261 Å². The third kappa shape index (κ3) is 6.43. The maximum absolute atomic E-state index is 2.51. The lowest BCUT2D eigenvalue weighted by Crippen LogP contribution is -2.28. The van der Waals surface area contributed by atoms with Crippen molar-refractivity contribution in [2.75, 3.05) is 4.90 Å². The number of benzene rings is 10. The molecule has 0 aliphatic heterocycles. The zero-order chi connectivity index (χ0) is 41.3. The Morgan fingerprint density at radius 3 is 1.05 bits per heavy atom. The minimum Gasteiger partial charge on any atom is -0.310 e. The first-order chi connectivity index (χ1) is 30.8. The van der Waals surface area contributed by atoms with E-state index in [-0.39, 0.29) is 0 Å². The molecule has 1 aliphatic carbocycles. The first kappa shape index (κ1) is 37.0. The van der Waals surface area contributed by atoms with E-state index in [9.17, 15) is 0 Å². The van der Waals surface area contributed by atoms with Crippen molar-refractivity contribution in [2.45, 2.75) is 5.41 Å². The van der Waals surface area contributed by atoms with E-state index in [0.717, 1.165) is 28.2 Å². The maximum atomic E-state index is 2.51. The van der Waals surface area contributed by atoms with Gasteiger partial charge in [0.25, 0.3) is 0 Å². The van der Waals surface area contributed by atoms with Crippen LogP contribution in [-0.4, -0.2) is 0 Å². The highest BCUT2D eigenvalue weighted by Gasteiger charge is 2.46. The molecule has 0 bridgehead atoms. The molecule has 0 amide bonds. The Morgan fingerprint density at radius 1 is 0.242 bits per heavy atom. The summed E-state index contributed by atoms with van der Waals surface area (Å²) in [5.41, 5.74) is 19.8. The largest absolute Gasteiger partial charge is 0.310 e. The van der Waals surface area contributed by atoms with Gasteiger partial charge in [-0.1, -0.05) is 224 Å². The van der Waals surface area contributed by atoms with Crippen LogP contribution in [0.5, 0.6) is 0 Å². The van der Waals surface area contributed by atoms with E-state index in [4.69, 9.17) is 0 Å². The van der Waals surface area contributed by atoms with Crippen LogP contribution in [0.2, 0.25) is 0 Å².